The first kappa shape index (κ1) is 11.3. The molecule has 0 aliphatic heterocycles. The lowest BCUT2D eigenvalue weighted by atomic mass is 9.81. The smallest absolute Gasteiger partial charge is 0.318 e. The van der Waals surface area contributed by atoms with E-state index in [0.717, 1.165) is 13.8 Å². The molecule has 0 saturated heterocycles. The zero-order valence-electron chi connectivity index (χ0n) is 6.85. The van der Waals surface area contributed by atoms with E-state index in [4.69, 9.17) is 5.11 Å². The Bertz CT molecular complexity index is 160. The summed E-state index contributed by atoms with van der Waals surface area (Å²) in [7, 11) is 0. The summed E-state index contributed by atoms with van der Waals surface area (Å²) in [6.07, 6.45) is -4.11. The molecule has 0 aliphatic rings. The molecular formula is C7H11F3O2. The van der Waals surface area contributed by atoms with Crippen LogP contribution in [0.5, 0.6) is 0 Å². The van der Waals surface area contributed by atoms with Crippen LogP contribution < -0.4 is 0 Å². The number of halogens is 3. The van der Waals surface area contributed by atoms with Gasteiger partial charge in [-0.2, -0.15) is 0 Å². The van der Waals surface area contributed by atoms with Crippen LogP contribution in [0.2, 0.25) is 0 Å². The van der Waals surface area contributed by atoms with Gasteiger partial charge >= 0.3 is 5.97 Å². The third-order valence-electron chi connectivity index (χ3n) is 2.04. The Morgan fingerprint density at radius 3 is 1.75 bits per heavy atom. The SMILES string of the molecule is CC(F)C(CF)(C(=O)O)C(C)F. The van der Waals surface area contributed by atoms with E-state index in [-0.39, 0.29) is 0 Å². The quantitative estimate of drug-likeness (QED) is 0.722. The number of hydrogen-bond acceptors (Lipinski definition) is 1. The van der Waals surface area contributed by atoms with Gasteiger partial charge in [-0.1, -0.05) is 0 Å². The van der Waals surface area contributed by atoms with Gasteiger partial charge in [0.25, 0.3) is 0 Å². The van der Waals surface area contributed by atoms with Crippen LogP contribution in [-0.2, 0) is 4.79 Å². The minimum atomic E-state index is -2.54. The molecule has 0 rings (SSSR count). The highest BCUT2D eigenvalue weighted by atomic mass is 19.2. The number of aliphatic carboxylic acids is 1. The lowest BCUT2D eigenvalue weighted by Crippen LogP contribution is -2.47. The van der Waals surface area contributed by atoms with Gasteiger partial charge in [0.15, 0.2) is 5.41 Å². The first-order valence-electron chi connectivity index (χ1n) is 3.47. The van der Waals surface area contributed by atoms with Crippen LogP contribution >= 0.6 is 0 Å². The average molecular weight is 184 g/mol. The summed E-state index contributed by atoms with van der Waals surface area (Å²) >= 11 is 0. The third kappa shape index (κ3) is 1.54. The Kier molecular flexibility index (Phi) is 3.55. The Morgan fingerprint density at radius 1 is 1.42 bits per heavy atom. The summed E-state index contributed by atoms with van der Waals surface area (Å²) in [5.41, 5.74) is -2.54. The summed E-state index contributed by atoms with van der Waals surface area (Å²) < 4.78 is 37.5. The maximum atomic E-state index is 12.7. The Labute approximate surface area is 68.4 Å². The van der Waals surface area contributed by atoms with E-state index in [0.29, 0.717) is 0 Å². The van der Waals surface area contributed by atoms with E-state index in [2.05, 4.69) is 0 Å². The fourth-order valence-corrected chi connectivity index (χ4v) is 0.927. The highest BCUT2D eigenvalue weighted by Crippen LogP contribution is 2.32. The van der Waals surface area contributed by atoms with E-state index in [1.54, 1.807) is 0 Å². The molecule has 2 atom stereocenters. The van der Waals surface area contributed by atoms with Crippen LogP contribution in [0.4, 0.5) is 13.2 Å². The number of alkyl halides is 3. The molecule has 2 nitrogen and oxygen atoms in total. The summed E-state index contributed by atoms with van der Waals surface area (Å²) in [5, 5.41) is 8.44. The second-order valence-electron chi connectivity index (χ2n) is 2.71. The van der Waals surface area contributed by atoms with E-state index in [1.165, 1.54) is 0 Å². The first-order chi connectivity index (χ1) is 5.39. The molecule has 0 aromatic heterocycles. The summed E-state index contributed by atoms with van der Waals surface area (Å²) in [4.78, 5) is 10.4. The molecule has 0 aromatic carbocycles. The van der Waals surface area contributed by atoms with E-state index in [1.807, 2.05) is 0 Å². The molecule has 12 heavy (non-hydrogen) atoms. The van der Waals surface area contributed by atoms with E-state index >= 15 is 0 Å². The predicted molar refractivity (Wildman–Crippen MR) is 37.2 cm³/mol. The van der Waals surface area contributed by atoms with Gasteiger partial charge in [-0.05, 0) is 13.8 Å². The monoisotopic (exact) mass is 184 g/mol. The van der Waals surface area contributed by atoms with Crippen molar-refractivity contribution in [1.82, 2.24) is 0 Å². The highest BCUT2D eigenvalue weighted by Gasteiger charge is 2.50. The van der Waals surface area contributed by atoms with Crippen LogP contribution in [0, 0.1) is 5.41 Å². The van der Waals surface area contributed by atoms with Crippen molar-refractivity contribution in [1.29, 1.82) is 0 Å². The van der Waals surface area contributed by atoms with E-state index < -0.39 is 30.4 Å². The lowest BCUT2D eigenvalue weighted by molar-refractivity contribution is -0.159. The molecule has 0 spiro atoms. The minimum Gasteiger partial charge on any atom is -0.481 e. The van der Waals surface area contributed by atoms with Gasteiger partial charge < -0.3 is 5.11 Å². The number of carboxylic acid groups (broad SMARTS) is 1. The molecule has 2 unspecified atom stereocenters. The third-order valence-corrected chi connectivity index (χ3v) is 2.04. The van der Waals surface area contributed by atoms with Gasteiger partial charge in [0.1, 0.15) is 19.0 Å². The number of carbonyl (C=O) groups is 1. The standard InChI is InChI=1S/C7H11F3O2/c1-4(9)7(3-8,5(2)10)6(11)12/h4-5H,3H2,1-2H3,(H,11,12). The van der Waals surface area contributed by atoms with Gasteiger partial charge in [-0.15, -0.1) is 0 Å². The van der Waals surface area contributed by atoms with Crippen LogP contribution in [0.1, 0.15) is 13.8 Å². The Balaban J connectivity index is 4.90. The molecule has 0 radical (unpaired) electrons. The van der Waals surface area contributed by atoms with Crippen molar-refractivity contribution < 1.29 is 23.1 Å². The molecule has 0 amide bonds. The summed E-state index contributed by atoms with van der Waals surface area (Å²) in [5.74, 6) is -1.78. The van der Waals surface area contributed by atoms with Gasteiger partial charge in [0.2, 0.25) is 0 Å². The lowest BCUT2D eigenvalue weighted by Gasteiger charge is -2.28. The van der Waals surface area contributed by atoms with Crippen molar-refractivity contribution in [3.8, 4) is 0 Å². The second-order valence-corrected chi connectivity index (χ2v) is 2.71. The molecule has 0 fully saturated rings. The van der Waals surface area contributed by atoms with Crippen molar-refractivity contribution in [3.63, 3.8) is 0 Å². The number of carboxylic acids is 1. The minimum absolute atomic E-state index is 0.837. The first-order valence-corrected chi connectivity index (χ1v) is 3.47. The van der Waals surface area contributed by atoms with Crippen molar-refractivity contribution >= 4 is 5.97 Å². The predicted octanol–water partition coefficient (Wildman–Crippen LogP) is 1.74. The molecule has 72 valence electrons. The largest absolute Gasteiger partial charge is 0.481 e. The van der Waals surface area contributed by atoms with Gasteiger partial charge in [-0.3, -0.25) is 4.79 Å². The molecule has 0 bridgehead atoms. The molecule has 0 aromatic rings. The summed E-state index contributed by atoms with van der Waals surface area (Å²) in [6.45, 7) is 0.130. The van der Waals surface area contributed by atoms with Crippen molar-refractivity contribution in [2.24, 2.45) is 5.41 Å². The van der Waals surface area contributed by atoms with Crippen molar-refractivity contribution in [3.05, 3.63) is 0 Å². The molecule has 0 heterocycles. The zero-order valence-corrected chi connectivity index (χ0v) is 6.85. The fourth-order valence-electron chi connectivity index (χ4n) is 0.927. The van der Waals surface area contributed by atoms with Gasteiger partial charge in [0, 0.05) is 0 Å². The second kappa shape index (κ2) is 3.78. The fraction of sp³-hybridized carbons (Fsp3) is 0.857. The normalized spacial score (nSPS) is 21.1. The van der Waals surface area contributed by atoms with Crippen molar-refractivity contribution in [2.75, 3.05) is 6.67 Å². The maximum Gasteiger partial charge on any atom is 0.318 e. The molecule has 5 heteroatoms. The van der Waals surface area contributed by atoms with Crippen LogP contribution in [0.3, 0.4) is 0 Å². The molecule has 1 N–H and O–H groups in total. The van der Waals surface area contributed by atoms with Crippen molar-refractivity contribution in [2.45, 2.75) is 26.2 Å². The Hall–Kier alpha value is -0.740. The molecular weight excluding hydrogens is 173 g/mol. The van der Waals surface area contributed by atoms with Crippen LogP contribution in [0.25, 0.3) is 0 Å². The molecule has 0 saturated carbocycles. The number of rotatable bonds is 4. The van der Waals surface area contributed by atoms with E-state index in [9.17, 15) is 18.0 Å². The average Bonchev–Trinajstić information content (AvgIpc) is 1.86. The van der Waals surface area contributed by atoms with Crippen LogP contribution in [0.15, 0.2) is 0 Å². The number of hydrogen-bond donors (Lipinski definition) is 1. The molecule has 0 aliphatic carbocycles. The zero-order chi connectivity index (χ0) is 9.94. The van der Waals surface area contributed by atoms with Gasteiger partial charge in [0.05, 0.1) is 0 Å². The maximum absolute atomic E-state index is 12.7. The topological polar surface area (TPSA) is 37.3 Å². The Morgan fingerprint density at radius 2 is 1.75 bits per heavy atom. The summed E-state index contributed by atoms with van der Waals surface area (Å²) in [6, 6.07) is 0. The van der Waals surface area contributed by atoms with Gasteiger partial charge in [-0.25, -0.2) is 13.2 Å². The highest BCUT2D eigenvalue weighted by molar-refractivity contribution is 5.76. The van der Waals surface area contributed by atoms with Crippen LogP contribution in [-0.4, -0.2) is 30.1 Å².